The van der Waals surface area contributed by atoms with Crippen molar-refractivity contribution in [2.45, 2.75) is 19.4 Å². The predicted molar refractivity (Wildman–Crippen MR) is 102 cm³/mol. The van der Waals surface area contributed by atoms with Crippen molar-refractivity contribution in [3.63, 3.8) is 0 Å². The minimum atomic E-state index is -0.292. The largest absolute Gasteiger partial charge is 0.497 e. The number of fused-ring (bicyclic) bond motifs is 2. The van der Waals surface area contributed by atoms with Gasteiger partial charge in [-0.3, -0.25) is 9.59 Å². The van der Waals surface area contributed by atoms with Crippen molar-refractivity contribution in [1.29, 1.82) is 0 Å². The van der Waals surface area contributed by atoms with E-state index in [1.54, 1.807) is 13.2 Å². The molecule has 2 aliphatic carbocycles. The smallest absolute Gasteiger partial charge is 0.267 e. The fourth-order valence-corrected chi connectivity index (χ4v) is 4.06. The number of methoxy groups -OCH3 is 1. The molecule has 0 unspecified atom stereocenters. The fraction of sp³-hybridized carbons (Fsp3) is 0.381. The Kier molecular flexibility index (Phi) is 4.79. The Morgan fingerprint density at radius 1 is 1.26 bits per heavy atom. The number of amides is 1. The molecule has 1 fully saturated rings. The lowest BCUT2D eigenvalue weighted by Crippen LogP contribution is -2.36. The van der Waals surface area contributed by atoms with Crippen LogP contribution in [0.4, 0.5) is 0 Å². The first kappa shape index (κ1) is 17.5. The van der Waals surface area contributed by atoms with Gasteiger partial charge in [0.25, 0.3) is 5.56 Å². The van der Waals surface area contributed by atoms with Gasteiger partial charge in [-0.15, -0.1) is 0 Å². The first-order valence-corrected chi connectivity index (χ1v) is 9.30. The van der Waals surface area contributed by atoms with E-state index in [1.807, 2.05) is 24.3 Å². The van der Waals surface area contributed by atoms with Crippen molar-refractivity contribution in [2.75, 3.05) is 13.7 Å². The molecule has 2 bridgehead atoms. The van der Waals surface area contributed by atoms with Crippen LogP contribution in [0.25, 0.3) is 11.3 Å². The van der Waals surface area contributed by atoms with Crippen molar-refractivity contribution in [2.24, 2.45) is 17.8 Å². The van der Waals surface area contributed by atoms with E-state index in [0.29, 0.717) is 35.7 Å². The molecule has 0 saturated heterocycles. The van der Waals surface area contributed by atoms with Crippen LogP contribution >= 0.6 is 0 Å². The summed E-state index contributed by atoms with van der Waals surface area (Å²) in [5.41, 5.74) is 1.16. The number of allylic oxidation sites excluding steroid dienone is 2. The maximum absolute atomic E-state index is 12.3. The Labute approximate surface area is 157 Å². The van der Waals surface area contributed by atoms with Crippen molar-refractivity contribution >= 4 is 5.91 Å². The molecule has 6 heteroatoms. The lowest BCUT2D eigenvalue weighted by atomic mass is 9.94. The zero-order valence-corrected chi connectivity index (χ0v) is 15.3. The number of carbonyl (C=O) groups excluding carboxylic acids is 1. The number of benzene rings is 1. The molecular formula is C21H23N3O3. The molecule has 0 aliphatic heterocycles. The molecule has 1 aromatic heterocycles. The zero-order chi connectivity index (χ0) is 18.8. The van der Waals surface area contributed by atoms with Crippen LogP contribution in [-0.2, 0) is 11.3 Å². The van der Waals surface area contributed by atoms with E-state index < -0.39 is 0 Å². The third-order valence-corrected chi connectivity index (χ3v) is 5.50. The quantitative estimate of drug-likeness (QED) is 0.797. The molecule has 6 nitrogen and oxygen atoms in total. The fourth-order valence-electron chi connectivity index (χ4n) is 4.06. The molecular weight excluding hydrogens is 342 g/mol. The highest BCUT2D eigenvalue weighted by Gasteiger charge is 2.35. The molecule has 1 aromatic carbocycles. The number of aromatic nitrogens is 2. The topological polar surface area (TPSA) is 73.2 Å². The number of nitrogens with zero attached hydrogens (tertiary/aromatic N) is 2. The van der Waals surface area contributed by atoms with E-state index in [0.717, 1.165) is 12.0 Å². The molecule has 0 spiro atoms. The first-order chi connectivity index (χ1) is 13.1. The maximum atomic E-state index is 12.3. The van der Waals surface area contributed by atoms with E-state index in [2.05, 4.69) is 22.6 Å². The van der Waals surface area contributed by atoms with E-state index in [4.69, 9.17) is 4.74 Å². The van der Waals surface area contributed by atoms with E-state index >= 15 is 0 Å². The normalized spacial score (nSPS) is 22.8. The van der Waals surface area contributed by atoms with Crippen LogP contribution in [0.1, 0.15) is 12.8 Å². The van der Waals surface area contributed by atoms with Crippen molar-refractivity contribution in [3.05, 3.63) is 58.9 Å². The number of hydrogen-bond donors (Lipinski definition) is 1. The highest BCUT2D eigenvalue weighted by atomic mass is 16.5. The van der Waals surface area contributed by atoms with Gasteiger partial charge in [0.2, 0.25) is 5.91 Å². The molecule has 1 saturated carbocycles. The average Bonchev–Trinajstić information content (AvgIpc) is 3.31. The Balaban J connectivity index is 1.42. The predicted octanol–water partition coefficient (Wildman–Crippen LogP) is 2.25. The summed E-state index contributed by atoms with van der Waals surface area (Å²) in [4.78, 5) is 24.4. The van der Waals surface area contributed by atoms with Crippen molar-refractivity contribution < 1.29 is 9.53 Å². The van der Waals surface area contributed by atoms with Gasteiger partial charge in [-0.1, -0.05) is 24.3 Å². The van der Waals surface area contributed by atoms with E-state index in [1.165, 1.54) is 17.2 Å². The Bertz CT molecular complexity index is 934. The molecule has 1 N–H and O–H groups in total. The van der Waals surface area contributed by atoms with Gasteiger partial charge in [0.1, 0.15) is 12.3 Å². The molecule has 3 atom stereocenters. The van der Waals surface area contributed by atoms with Crippen LogP contribution in [0.2, 0.25) is 0 Å². The first-order valence-electron chi connectivity index (χ1n) is 9.30. The standard InChI is InChI=1S/C21H23N3O3/c1-27-18-4-2-3-16(11-18)19-7-8-21(26)24(23-19)13-20(25)22-12-17-10-14-5-6-15(17)9-14/h2-8,11,14-15,17H,9-10,12-13H2,1H3,(H,22,25)/t14-,15-,17+/m1/s1. The van der Waals surface area contributed by atoms with Crippen molar-refractivity contribution in [3.8, 4) is 17.0 Å². The monoisotopic (exact) mass is 365 g/mol. The summed E-state index contributed by atoms with van der Waals surface area (Å²) >= 11 is 0. The maximum Gasteiger partial charge on any atom is 0.267 e. The summed E-state index contributed by atoms with van der Waals surface area (Å²) < 4.78 is 6.44. The van der Waals surface area contributed by atoms with Gasteiger partial charge in [0.05, 0.1) is 12.8 Å². The third-order valence-electron chi connectivity index (χ3n) is 5.50. The number of hydrogen-bond acceptors (Lipinski definition) is 4. The lowest BCUT2D eigenvalue weighted by molar-refractivity contribution is -0.122. The third kappa shape index (κ3) is 3.79. The molecule has 27 heavy (non-hydrogen) atoms. The molecule has 140 valence electrons. The Morgan fingerprint density at radius 3 is 2.89 bits per heavy atom. The van der Waals surface area contributed by atoms with Gasteiger partial charge < -0.3 is 10.1 Å². The molecule has 1 amide bonds. The van der Waals surface area contributed by atoms with Crippen LogP contribution in [0.15, 0.2) is 53.3 Å². The second-order valence-electron chi connectivity index (χ2n) is 7.29. The summed E-state index contributed by atoms with van der Waals surface area (Å²) in [6, 6.07) is 10.5. The molecule has 2 aliphatic rings. The van der Waals surface area contributed by atoms with Gasteiger partial charge >= 0.3 is 0 Å². The molecule has 0 radical (unpaired) electrons. The van der Waals surface area contributed by atoms with Gasteiger partial charge in [-0.25, -0.2) is 4.68 Å². The van der Waals surface area contributed by atoms with Crippen LogP contribution in [0.5, 0.6) is 5.75 Å². The van der Waals surface area contributed by atoms with Gasteiger partial charge in [-0.05, 0) is 48.8 Å². The van der Waals surface area contributed by atoms with Crippen LogP contribution in [-0.4, -0.2) is 29.3 Å². The highest BCUT2D eigenvalue weighted by molar-refractivity contribution is 5.75. The molecule has 1 heterocycles. The number of rotatable bonds is 6. The van der Waals surface area contributed by atoms with E-state index in [9.17, 15) is 9.59 Å². The minimum absolute atomic E-state index is 0.0761. The molecule has 4 rings (SSSR count). The number of nitrogens with one attached hydrogen (secondary N) is 1. The summed E-state index contributed by atoms with van der Waals surface area (Å²) in [7, 11) is 1.60. The van der Waals surface area contributed by atoms with E-state index in [-0.39, 0.29) is 18.0 Å². The van der Waals surface area contributed by atoms with Crippen LogP contribution in [0, 0.1) is 17.8 Å². The van der Waals surface area contributed by atoms with Gasteiger partial charge in [0, 0.05) is 18.2 Å². The minimum Gasteiger partial charge on any atom is -0.497 e. The second-order valence-corrected chi connectivity index (χ2v) is 7.29. The summed E-state index contributed by atoms with van der Waals surface area (Å²) in [6.07, 6.45) is 6.92. The SMILES string of the molecule is COc1cccc(-c2ccc(=O)n(CC(=O)NC[C@@H]3C[C@@H]4C=C[C@@H]3C4)n2)c1. The average molecular weight is 365 g/mol. The Hall–Kier alpha value is -2.89. The summed E-state index contributed by atoms with van der Waals surface area (Å²) in [5, 5.41) is 7.32. The van der Waals surface area contributed by atoms with Crippen molar-refractivity contribution in [1.82, 2.24) is 15.1 Å². The summed E-state index contributed by atoms with van der Waals surface area (Å²) in [5.74, 6) is 2.31. The zero-order valence-electron chi connectivity index (χ0n) is 15.3. The Morgan fingerprint density at radius 2 is 2.15 bits per heavy atom. The highest BCUT2D eigenvalue weighted by Crippen LogP contribution is 2.42. The number of ether oxygens (including phenoxy) is 1. The van der Waals surface area contributed by atoms with Gasteiger partial charge in [-0.2, -0.15) is 5.10 Å². The van der Waals surface area contributed by atoms with Crippen LogP contribution in [0.3, 0.4) is 0 Å². The summed E-state index contributed by atoms with van der Waals surface area (Å²) in [6.45, 7) is 0.585. The molecule has 2 aromatic rings. The van der Waals surface area contributed by atoms with Gasteiger partial charge in [0.15, 0.2) is 0 Å². The second kappa shape index (κ2) is 7.39. The lowest BCUT2D eigenvalue weighted by Gasteiger charge is -2.18. The van der Waals surface area contributed by atoms with Crippen LogP contribution < -0.4 is 15.6 Å². The number of carbonyl (C=O) groups is 1.